The molecule has 0 saturated carbocycles. The number of morpholine rings is 1. The Morgan fingerprint density at radius 3 is 2.61 bits per heavy atom. The van der Waals surface area contributed by atoms with E-state index in [1.165, 1.54) is 6.07 Å². The molecule has 1 saturated heterocycles. The standard InChI is InChI=1S/C11H13BBrNO4/c13-10-2-1-8(12(16)17)7-9(10)11(15)14-3-5-18-6-4-14/h1-2,7,16-17H,3-6H2. The van der Waals surface area contributed by atoms with Crippen molar-refractivity contribution in [1.29, 1.82) is 0 Å². The molecule has 18 heavy (non-hydrogen) atoms. The summed E-state index contributed by atoms with van der Waals surface area (Å²) in [5, 5.41) is 18.3. The summed E-state index contributed by atoms with van der Waals surface area (Å²) in [5.74, 6) is -0.132. The maximum absolute atomic E-state index is 12.3. The van der Waals surface area contributed by atoms with E-state index in [-0.39, 0.29) is 5.91 Å². The molecule has 5 nitrogen and oxygen atoms in total. The average Bonchev–Trinajstić information content (AvgIpc) is 2.39. The van der Waals surface area contributed by atoms with E-state index in [4.69, 9.17) is 14.8 Å². The highest BCUT2D eigenvalue weighted by atomic mass is 79.9. The number of benzene rings is 1. The van der Waals surface area contributed by atoms with Crippen LogP contribution in [0.5, 0.6) is 0 Å². The minimum atomic E-state index is -1.57. The molecule has 7 heteroatoms. The van der Waals surface area contributed by atoms with Crippen LogP contribution in [0.2, 0.25) is 0 Å². The number of nitrogens with zero attached hydrogens (tertiary/aromatic N) is 1. The highest BCUT2D eigenvalue weighted by molar-refractivity contribution is 9.10. The molecule has 1 aromatic carbocycles. The van der Waals surface area contributed by atoms with Crippen LogP contribution in [0.1, 0.15) is 10.4 Å². The summed E-state index contributed by atoms with van der Waals surface area (Å²) in [6, 6.07) is 4.69. The van der Waals surface area contributed by atoms with Gasteiger partial charge in [0.25, 0.3) is 5.91 Å². The van der Waals surface area contributed by atoms with Gasteiger partial charge in [0.2, 0.25) is 0 Å². The Kier molecular flexibility index (Phi) is 4.39. The van der Waals surface area contributed by atoms with Crippen LogP contribution in [0.4, 0.5) is 0 Å². The summed E-state index contributed by atoms with van der Waals surface area (Å²) in [6.45, 7) is 2.17. The maximum Gasteiger partial charge on any atom is 0.488 e. The molecule has 0 bridgehead atoms. The number of rotatable bonds is 2. The Hall–Kier alpha value is -0.885. The predicted molar refractivity (Wildman–Crippen MR) is 70.7 cm³/mol. The molecule has 96 valence electrons. The van der Waals surface area contributed by atoms with E-state index in [2.05, 4.69) is 15.9 Å². The van der Waals surface area contributed by atoms with Crippen molar-refractivity contribution in [2.75, 3.05) is 26.3 Å². The van der Waals surface area contributed by atoms with Crippen molar-refractivity contribution in [3.05, 3.63) is 28.2 Å². The predicted octanol–water partition coefficient (Wildman–Crippen LogP) is -0.399. The zero-order valence-electron chi connectivity index (χ0n) is 9.67. The van der Waals surface area contributed by atoms with Crippen LogP contribution in [0, 0.1) is 0 Å². The number of carbonyl (C=O) groups excluding carboxylic acids is 1. The van der Waals surface area contributed by atoms with Crippen molar-refractivity contribution in [3.63, 3.8) is 0 Å². The van der Waals surface area contributed by atoms with Crippen molar-refractivity contribution >= 4 is 34.4 Å². The number of ether oxygens (including phenoxy) is 1. The fraction of sp³-hybridized carbons (Fsp3) is 0.364. The number of hydrogen-bond donors (Lipinski definition) is 2. The number of hydrogen-bond acceptors (Lipinski definition) is 4. The summed E-state index contributed by atoms with van der Waals surface area (Å²) in [5.41, 5.74) is 0.734. The minimum Gasteiger partial charge on any atom is -0.423 e. The van der Waals surface area contributed by atoms with E-state index >= 15 is 0 Å². The molecule has 1 amide bonds. The fourth-order valence-corrected chi connectivity index (χ4v) is 2.22. The molecular formula is C11H13BBrNO4. The summed E-state index contributed by atoms with van der Waals surface area (Å²) in [6.07, 6.45) is 0. The van der Waals surface area contributed by atoms with Gasteiger partial charge in [0.1, 0.15) is 0 Å². The summed E-state index contributed by atoms with van der Waals surface area (Å²) >= 11 is 3.30. The van der Waals surface area contributed by atoms with Crippen molar-refractivity contribution in [2.45, 2.75) is 0 Å². The molecule has 1 aliphatic heterocycles. The van der Waals surface area contributed by atoms with Crippen LogP contribution in [0.15, 0.2) is 22.7 Å². The number of carbonyl (C=O) groups is 1. The van der Waals surface area contributed by atoms with Crippen molar-refractivity contribution in [3.8, 4) is 0 Å². The lowest BCUT2D eigenvalue weighted by Crippen LogP contribution is -2.41. The van der Waals surface area contributed by atoms with Gasteiger partial charge in [-0.15, -0.1) is 0 Å². The molecule has 1 aromatic rings. The first kappa shape index (κ1) is 13.5. The molecule has 2 N–H and O–H groups in total. The van der Waals surface area contributed by atoms with Crippen molar-refractivity contribution < 1.29 is 19.6 Å². The van der Waals surface area contributed by atoms with Gasteiger partial charge in [-0.1, -0.05) is 6.07 Å². The van der Waals surface area contributed by atoms with Gasteiger partial charge in [-0.3, -0.25) is 4.79 Å². The molecule has 0 unspecified atom stereocenters. The third-order valence-electron chi connectivity index (χ3n) is 2.82. The first-order valence-electron chi connectivity index (χ1n) is 5.62. The number of halogens is 1. The molecule has 0 radical (unpaired) electrons. The average molecular weight is 314 g/mol. The molecule has 0 atom stereocenters. The van der Waals surface area contributed by atoms with Gasteiger partial charge in [-0.05, 0) is 33.5 Å². The lowest BCUT2D eigenvalue weighted by molar-refractivity contribution is 0.0302. The van der Waals surface area contributed by atoms with E-state index < -0.39 is 7.12 Å². The van der Waals surface area contributed by atoms with E-state index in [0.29, 0.717) is 41.8 Å². The van der Waals surface area contributed by atoms with Crippen LogP contribution in [-0.4, -0.2) is 54.3 Å². The van der Waals surface area contributed by atoms with Gasteiger partial charge in [0, 0.05) is 17.6 Å². The molecule has 1 heterocycles. The first-order chi connectivity index (χ1) is 8.59. The van der Waals surface area contributed by atoms with Crippen LogP contribution in [0.25, 0.3) is 0 Å². The molecule has 0 spiro atoms. The number of amides is 1. The van der Waals surface area contributed by atoms with Gasteiger partial charge < -0.3 is 19.7 Å². The van der Waals surface area contributed by atoms with Gasteiger partial charge in [0.15, 0.2) is 0 Å². The summed E-state index contributed by atoms with van der Waals surface area (Å²) < 4.78 is 5.83. The molecule has 0 aromatic heterocycles. The molecule has 1 aliphatic rings. The van der Waals surface area contributed by atoms with E-state index in [1.807, 2.05) is 0 Å². The monoisotopic (exact) mass is 313 g/mol. The van der Waals surface area contributed by atoms with Crippen molar-refractivity contribution in [2.24, 2.45) is 0 Å². The Bertz CT molecular complexity index is 449. The van der Waals surface area contributed by atoms with E-state index in [0.717, 1.165) is 0 Å². The lowest BCUT2D eigenvalue weighted by atomic mass is 9.79. The Morgan fingerprint density at radius 1 is 1.33 bits per heavy atom. The lowest BCUT2D eigenvalue weighted by Gasteiger charge is -2.27. The third-order valence-corrected chi connectivity index (χ3v) is 3.51. The normalized spacial score (nSPS) is 15.6. The van der Waals surface area contributed by atoms with Crippen molar-refractivity contribution in [1.82, 2.24) is 4.90 Å². The SMILES string of the molecule is O=C(c1cc(B(O)O)ccc1Br)N1CCOCC1. The van der Waals surface area contributed by atoms with E-state index in [1.54, 1.807) is 17.0 Å². The largest absolute Gasteiger partial charge is 0.488 e. The maximum atomic E-state index is 12.3. The van der Waals surface area contributed by atoms with Gasteiger partial charge in [0.05, 0.1) is 18.8 Å². The quantitative estimate of drug-likeness (QED) is 0.729. The Morgan fingerprint density at radius 2 is 2.00 bits per heavy atom. The second-order valence-electron chi connectivity index (χ2n) is 4.02. The molecule has 0 aliphatic carbocycles. The zero-order chi connectivity index (χ0) is 13.1. The summed E-state index contributed by atoms with van der Waals surface area (Å²) in [7, 11) is -1.57. The minimum absolute atomic E-state index is 0.132. The van der Waals surface area contributed by atoms with Crippen LogP contribution < -0.4 is 5.46 Å². The van der Waals surface area contributed by atoms with Gasteiger partial charge in [-0.2, -0.15) is 0 Å². The Balaban J connectivity index is 2.25. The molecular weight excluding hydrogens is 301 g/mol. The smallest absolute Gasteiger partial charge is 0.423 e. The zero-order valence-corrected chi connectivity index (χ0v) is 11.3. The molecule has 1 fully saturated rings. The van der Waals surface area contributed by atoms with Gasteiger partial charge >= 0.3 is 7.12 Å². The topological polar surface area (TPSA) is 70.0 Å². The van der Waals surface area contributed by atoms with Crippen LogP contribution in [0.3, 0.4) is 0 Å². The Labute approximate surface area is 114 Å². The first-order valence-corrected chi connectivity index (χ1v) is 6.41. The molecule has 2 rings (SSSR count). The van der Waals surface area contributed by atoms with Gasteiger partial charge in [-0.25, -0.2) is 0 Å². The van der Waals surface area contributed by atoms with E-state index in [9.17, 15) is 4.79 Å². The summed E-state index contributed by atoms with van der Waals surface area (Å²) in [4.78, 5) is 14.0. The third kappa shape index (κ3) is 2.92. The second-order valence-corrected chi connectivity index (χ2v) is 4.87. The van der Waals surface area contributed by atoms with Crippen LogP contribution >= 0.6 is 15.9 Å². The fourth-order valence-electron chi connectivity index (χ4n) is 1.80. The highest BCUT2D eigenvalue weighted by Gasteiger charge is 2.22. The second kappa shape index (κ2) is 5.84. The van der Waals surface area contributed by atoms with Crippen LogP contribution in [-0.2, 0) is 4.74 Å². The highest BCUT2D eigenvalue weighted by Crippen LogP contribution is 2.18.